The van der Waals surface area contributed by atoms with Crippen LogP contribution in [-0.4, -0.2) is 162 Å². The quantitative estimate of drug-likeness (QED) is 0.139. The van der Waals surface area contributed by atoms with Crippen LogP contribution in [0.3, 0.4) is 0 Å². The first-order valence-corrected chi connectivity index (χ1v) is 14.4. The maximum absolute atomic E-state index is 11.0. The fourth-order valence-electron chi connectivity index (χ4n) is 6.94. The van der Waals surface area contributed by atoms with Crippen LogP contribution in [0.25, 0.3) is 0 Å². The number of fused-ring (bicyclic) bond motifs is 1. The lowest BCUT2D eigenvalue weighted by molar-refractivity contribution is -0.371. The van der Waals surface area contributed by atoms with E-state index in [0.717, 1.165) is 0 Å². The third-order valence-electron chi connectivity index (χ3n) is 9.36. The number of hydrogen-bond donors (Lipinski definition) is 10. The van der Waals surface area contributed by atoms with E-state index in [9.17, 15) is 51.1 Å². The van der Waals surface area contributed by atoms with Gasteiger partial charge in [0, 0.05) is 5.92 Å². The highest BCUT2D eigenvalue weighted by Gasteiger charge is 2.53. The minimum atomic E-state index is -1.70. The van der Waals surface area contributed by atoms with Crippen molar-refractivity contribution in [3.63, 3.8) is 0 Å². The van der Waals surface area contributed by atoms with Gasteiger partial charge in [-0.05, 0) is 44.4 Å². The average Bonchev–Trinajstić information content (AvgIpc) is 2.94. The highest BCUT2D eigenvalue weighted by atomic mass is 16.8. The third kappa shape index (κ3) is 6.60. The molecule has 15 nitrogen and oxygen atoms in total. The Balaban J connectivity index is 1.39. The molecule has 3 aliphatic heterocycles. The average molecular weight is 597 g/mol. The molecular weight excluding hydrogens is 552 g/mol. The van der Waals surface area contributed by atoms with E-state index in [4.69, 9.17) is 23.7 Å². The molecule has 0 aromatic rings. The molecule has 15 heteroatoms. The molecule has 41 heavy (non-hydrogen) atoms. The van der Waals surface area contributed by atoms with Gasteiger partial charge in [0.25, 0.3) is 0 Å². The largest absolute Gasteiger partial charge is 0.394 e. The van der Waals surface area contributed by atoms with Crippen LogP contribution in [0.5, 0.6) is 0 Å². The second kappa shape index (κ2) is 13.2. The number of ether oxygens (including phenoxy) is 5. The standard InChI is InChI=1S/C26H44O15/c27-7-18-20(34)21(35)24(41-25-22(36)19(33)15(32)8-37-25)26(40-18)39-17-6-11-13(30)4-10(28)5-16(11)38-23(17)9-1-2-12(29)14(31)3-9/h9-36H,1-8H2/t9?,10?,11?,12?,13?,14?,15-,16?,17?,18+,19+,20-,21-,22-,23?,24+,25+,26+/m0/s1. The van der Waals surface area contributed by atoms with Crippen molar-refractivity contribution in [1.82, 2.24) is 0 Å². The lowest BCUT2D eigenvalue weighted by atomic mass is 9.72. The summed E-state index contributed by atoms with van der Waals surface area (Å²) in [6, 6.07) is 0. The predicted octanol–water partition coefficient (Wildman–Crippen LogP) is -4.55. The zero-order valence-electron chi connectivity index (χ0n) is 22.6. The van der Waals surface area contributed by atoms with Crippen LogP contribution in [0.2, 0.25) is 0 Å². The Labute approximate surface area is 236 Å². The van der Waals surface area contributed by atoms with Crippen molar-refractivity contribution in [2.45, 2.75) is 137 Å². The zero-order valence-corrected chi connectivity index (χ0v) is 22.6. The van der Waals surface area contributed by atoms with Crippen molar-refractivity contribution in [2.75, 3.05) is 13.2 Å². The maximum Gasteiger partial charge on any atom is 0.187 e. The van der Waals surface area contributed by atoms with Crippen LogP contribution in [0.1, 0.15) is 38.5 Å². The first kappa shape index (κ1) is 31.8. The predicted molar refractivity (Wildman–Crippen MR) is 133 cm³/mol. The summed E-state index contributed by atoms with van der Waals surface area (Å²) >= 11 is 0. The van der Waals surface area contributed by atoms with Crippen LogP contribution >= 0.6 is 0 Å². The summed E-state index contributed by atoms with van der Waals surface area (Å²) in [5, 5.41) is 103. The Hall–Kier alpha value is -0.600. The van der Waals surface area contributed by atoms with E-state index < -0.39 is 111 Å². The van der Waals surface area contributed by atoms with Crippen molar-refractivity contribution >= 4 is 0 Å². The molecule has 10 N–H and O–H groups in total. The summed E-state index contributed by atoms with van der Waals surface area (Å²) in [5.74, 6) is -0.686. The summed E-state index contributed by atoms with van der Waals surface area (Å²) in [4.78, 5) is 0. The Morgan fingerprint density at radius 1 is 0.634 bits per heavy atom. The van der Waals surface area contributed by atoms with Crippen LogP contribution in [0.4, 0.5) is 0 Å². The van der Waals surface area contributed by atoms with E-state index in [1.54, 1.807) is 0 Å². The smallest absolute Gasteiger partial charge is 0.187 e. The van der Waals surface area contributed by atoms with Crippen LogP contribution in [0.15, 0.2) is 0 Å². The van der Waals surface area contributed by atoms with E-state index in [0.29, 0.717) is 19.3 Å². The molecule has 0 radical (unpaired) electrons. The highest BCUT2D eigenvalue weighted by Crippen LogP contribution is 2.43. The van der Waals surface area contributed by atoms with Gasteiger partial charge in [0.1, 0.15) is 42.7 Å². The summed E-state index contributed by atoms with van der Waals surface area (Å²) in [5.41, 5.74) is 0. The maximum atomic E-state index is 11.0. The first-order chi connectivity index (χ1) is 19.5. The van der Waals surface area contributed by atoms with E-state index in [2.05, 4.69) is 0 Å². The molecule has 18 atom stereocenters. The van der Waals surface area contributed by atoms with Crippen LogP contribution in [0, 0.1) is 11.8 Å². The lowest BCUT2D eigenvalue weighted by Crippen LogP contribution is -2.64. The molecule has 3 heterocycles. The van der Waals surface area contributed by atoms with Crippen molar-refractivity contribution in [3.8, 4) is 0 Å². The molecule has 5 aliphatic rings. The van der Waals surface area contributed by atoms with Gasteiger partial charge in [0.05, 0.1) is 55.9 Å². The molecule has 0 spiro atoms. The van der Waals surface area contributed by atoms with E-state index in [1.807, 2.05) is 0 Å². The summed E-state index contributed by atoms with van der Waals surface area (Å²) in [6.45, 7) is -1.04. The molecule has 5 rings (SSSR count). The number of aliphatic hydroxyl groups excluding tert-OH is 10. The molecule has 0 amide bonds. The zero-order chi connectivity index (χ0) is 29.6. The van der Waals surface area contributed by atoms with Crippen molar-refractivity contribution < 1.29 is 74.7 Å². The van der Waals surface area contributed by atoms with Crippen molar-refractivity contribution in [3.05, 3.63) is 0 Å². The van der Waals surface area contributed by atoms with Gasteiger partial charge in [-0.1, -0.05) is 0 Å². The number of aliphatic hydroxyl groups is 10. The molecule has 9 unspecified atom stereocenters. The molecule has 238 valence electrons. The van der Waals surface area contributed by atoms with E-state index >= 15 is 0 Å². The first-order valence-electron chi connectivity index (χ1n) is 14.4. The topological polar surface area (TPSA) is 248 Å². The number of hydrogen-bond acceptors (Lipinski definition) is 15. The van der Waals surface area contributed by atoms with Gasteiger partial charge in [-0.25, -0.2) is 0 Å². The molecule has 0 aromatic carbocycles. The lowest BCUT2D eigenvalue weighted by Gasteiger charge is -2.51. The highest BCUT2D eigenvalue weighted by molar-refractivity contribution is 4.99. The molecular formula is C26H44O15. The molecule has 5 fully saturated rings. The monoisotopic (exact) mass is 596 g/mol. The molecule has 0 aromatic heterocycles. The summed E-state index contributed by atoms with van der Waals surface area (Å²) in [6.07, 6.45) is -17.4. The van der Waals surface area contributed by atoms with Gasteiger partial charge in [0.15, 0.2) is 12.6 Å². The van der Waals surface area contributed by atoms with Crippen molar-refractivity contribution in [2.24, 2.45) is 11.8 Å². The molecule has 2 saturated carbocycles. The SMILES string of the molecule is OC[C@H]1O[C@@H](OC2CC3C(O)CC(O)CC3OC2C2CCC(O)C(O)C2)[C@H](O[C@H]2OC[C@H](O)[C@@H](O)[C@@H]2O)[C@@H](O)[C@H]1O. The van der Waals surface area contributed by atoms with Gasteiger partial charge >= 0.3 is 0 Å². The summed E-state index contributed by atoms with van der Waals surface area (Å²) in [7, 11) is 0. The second-order valence-corrected chi connectivity index (χ2v) is 12.2. The molecule has 3 saturated heterocycles. The van der Waals surface area contributed by atoms with Crippen molar-refractivity contribution in [1.29, 1.82) is 0 Å². The van der Waals surface area contributed by atoms with E-state index in [1.165, 1.54) is 0 Å². The van der Waals surface area contributed by atoms with Crippen LogP contribution in [-0.2, 0) is 23.7 Å². The van der Waals surface area contributed by atoms with Crippen LogP contribution < -0.4 is 0 Å². The van der Waals surface area contributed by atoms with E-state index in [-0.39, 0.29) is 31.8 Å². The van der Waals surface area contributed by atoms with Gasteiger partial charge < -0.3 is 74.7 Å². The second-order valence-electron chi connectivity index (χ2n) is 12.2. The van der Waals surface area contributed by atoms with Gasteiger partial charge in [-0.15, -0.1) is 0 Å². The minimum absolute atomic E-state index is 0.157. The minimum Gasteiger partial charge on any atom is -0.394 e. The fraction of sp³-hybridized carbons (Fsp3) is 1.00. The van der Waals surface area contributed by atoms with Gasteiger partial charge in [0.2, 0.25) is 0 Å². The van der Waals surface area contributed by atoms with Gasteiger partial charge in [-0.2, -0.15) is 0 Å². The fourth-order valence-corrected chi connectivity index (χ4v) is 6.94. The number of rotatable bonds is 6. The van der Waals surface area contributed by atoms with Gasteiger partial charge in [-0.3, -0.25) is 0 Å². The Morgan fingerprint density at radius 3 is 2.10 bits per heavy atom. The Morgan fingerprint density at radius 2 is 1.39 bits per heavy atom. The Kier molecular flexibility index (Phi) is 10.2. The Bertz CT molecular complexity index is 852. The summed E-state index contributed by atoms with van der Waals surface area (Å²) < 4.78 is 29.7. The normalized spacial score (nSPS) is 54.9. The molecule has 2 aliphatic carbocycles. The molecule has 0 bridgehead atoms. The third-order valence-corrected chi connectivity index (χ3v) is 9.36.